The van der Waals surface area contributed by atoms with Crippen molar-refractivity contribution in [2.75, 3.05) is 25.6 Å². The molecule has 0 unspecified atom stereocenters. The number of hydrogen-bond acceptors (Lipinski definition) is 3. The standard InChI is InChI=1S/C16H24O2S/c1-12-8-13(2)14(3)15(9-12)18-10-16(11-19)4-6-17-7-5-16/h8-9,19H,4-7,10-11H2,1-3H3. The Hall–Kier alpha value is -0.670. The number of rotatable bonds is 4. The molecule has 1 fully saturated rings. The van der Waals surface area contributed by atoms with Crippen LogP contribution < -0.4 is 4.74 Å². The molecule has 3 heteroatoms. The van der Waals surface area contributed by atoms with E-state index in [4.69, 9.17) is 9.47 Å². The van der Waals surface area contributed by atoms with Crippen LogP contribution >= 0.6 is 12.6 Å². The highest BCUT2D eigenvalue weighted by Gasteiger charge is 2.32. The second-order valence-electron chi connectivity index (χ2n) is 5.76. The van der Waals surface area contributed by atoms with Crippen molar-refractivity contribution in [2.45, 2.75) is 33.6 Å². The van der Waals surface area contributed by atoms with Gasteiger partial charge in [-0.1, -0.05) is 6.07 Å². The minimum atomic E-state index is 0.172. The first-order valence-corrected chi connectivity index (χ1v) is 7.59. The smallest absolute Gasteiger partial charge is 0.122 e. The molecule has 106 valence electrons. The van der Waals surface area contributed by atoms with Crippen molar-refractivity contribution in [2.24, 2.45) is 5.41 Å². The predicted octanol–water partition coefficient (Wildman–Crippen LogP) is 3.72. The Morgan fingerprint density at radius 2 is 1.89 bits per heavy atom. The molecule has 1 aliphatic heterocycles. The van der Waals surface area contributed by atoms with E-state index in [9.17, 15) is 0 Å². The predicted molar refractivity (Wildman–Crippen MR) is 82.5 cm³/mol. The van der Waals surface area contributed by atoms with Crippen molar-refractivity contribution in [3.63, 3.8) is 0 Å². The van der Waals surface area contributed by atoms with Crippen molar-refractivity contribution in [3.8, 4) is 5.75 Å². The van der Waals surface area contributed by atoms with Crippen LogP contribution in [-0.4, -0.2) is 25.6 Å². The number of hydrogen-bond donors (Lipinski definition) is 1. The van der Waals surface area contributed by atoms with E-state index in [0.29, 0.717) is 0 Å². The first kappa shape index (κ1) is 14.7. The molecule has 2 rings (SSSR count). The van der Waals surface area contributed by atoms with Gasteiger partial charge in [0.05, 0.1) is 6.61 Å². The van der Waals surface area contributed by atoms with Crippen LogP contribution in [0.1, 0.15) is 29.5 Å². The number of ether oxygens (including phenoxy) is 2. The molecule has 1 saturated heterocycles. The lowest BCUT2D eigenvalue weighted by atomic mass is 9.83. The highest BCUT2D eigenvalue weighted by Crippen LogP contribution is 2.33. The third-order valence-electron chi connectivity index (χ3n) is 4.19. The minimum Gasteiger partial charge on any atom is -0.493 e. The first-order chi connectivity index (χ1) is 9.06. The van der Waals surface area contributed by atoms with Gasteiger partial charge < -0.3 is 9.47 Å². The summed E-state index contributed by atoms with van der Waals surface area (Å²) in [6.07, 6.45) is 2.08. The normalized spacial score (nSPS) is 18.3. The lowest BCUT2D eigenvalue weighted by molar-refractivity contribution is 0.00297. The third-order valence-corrected chi connectivity index (χ3v) is 4.86. The van der Waals surface area contributed by atoms with Crippen molar-refractivity contribution >= 4 is 12.6 Å². The van der Waals surface area contributed by atoms with E-state index in [1.54, 1.807) is 0 Å². The van der Waals surface area contributed by atoms with Gasteiger partial charge in [0.1, 0.15) is 5.75 Å². The van der Waals surface area contributed by atoms with Gasteiger partial charge in [-0.3, -0.25) is 0 Å². The molecule has 2 nitrogen and oxygen atoms in total. The molecule has 1 heterocycles. The van der Waals surface area contributed by atoms with Gasteiger partial charge in [-0.2, -0.15) is 12.6 Å². The largest absolute Gasteiger partial charge is 0.493 e. The molecule has 1 aliphatic rings. The summed E-state index contributed by atoms with van der Waals surface area (Å²) in [6.45, 7) is 8.77. The van der Waals surface area contributed by atoms with E-state index in [-0.39, 0.29) is 5.41 Å². The molecular formula is C16H24O2S. The second-order valence-corrected chi connectivity index (χ2v) is 6.08. The van der Waals surface area contributed by atoms with Crippen LogP contribution in [0.4, 0.5) is 0 Å². The van der Waals surface area contributed by atoms with Crippen LogP contribution in [0.3, 0.4) is 0 Å². The fourth-order valence-corrected chi connectivity index (χ4v) is 2.94. The third kappa shape index (κ3) is 3.46. The topological polar surface area (TPSA) is 18.5 Å². The zero-order valence-electron chi connectivity index (χ0n) is 12.2. The molecule has 1 aromatic rings. The van der Waals surface area contributed by atoms with Crippen LogP contribution in [0, 0.1) is 26.2 Å². The molecule has 0 radical (unpaired) electrons. The lowest BCUT2D eigenvalue weighted by Gasteiger charge is -2.35. The highest BCUT2D eigenvalue weighted by atomic mass is 32.1. The van der Waals surface area contributed by atoms with E-state index in [1.165, 1.54) is 16.7 Å². The summed E-state index contributed by atoms with van der Waals surface area (Å²) in [7, 11) is 0. The monoisotopic (exact) mass is 280 g/mol. The van der Waals surface area contributed by atoms with E-state index >= 15 is 0 Å². The van der Waals surface area contributed by atoms with Crippen LogP contribution in [-0.2, 0) is 4.74 Å². The van der Waals surface area contributed by atoms with Crippen LogP contribution in [0.2, 0.25) is 0 Å². The summed E-state index contributed by atoms with van der Waals surface area (Å²) in [6, 6.07) is 4.33. The van der Waals surface area contributed by atoms with E-state index < -0.39 is 0 Å². The fraction of sp³-hybridized carbons (Fsp3) is 0.625. The van der Waals surface area contributed by atoms with Crippen molar-refractivity contribution in [1.82, 2.24) is 0 Å². The van der Waals surface area contributed by atoms with Gasteiger partial charge in [-0.05, 0) is 62.1 Å². The van der Waals surface area contributed by atoms with Crippen molar-refractivity contribution in [3.05, 3.63) is 28.8 Å². The average Bonchev–Trinajstić information content (AvgIpc) is 2.42. The van der Waals surface area contributed by atoms with Crippen LogP contribution in [0.25, 0.3) is 0 Å². The summed E-state index contributed by atoms with van der Waals surface area (Å²) in [5.41, 5.74) is 3.96. The maximum atomic E-state index is 6.13. The molecule has 1 aromatic carbocycles. The van der Waals surface area contributed by atoms with Crippen LogP contribution in [0.15, 0.2) is 12.1 Å². The Morgan fingerprint density at radius 1 is 1.21 bits per heavy atom. The molecular weight excluding hydrogens is 256 g/mol. The Morgan fingerprint density at radius 3 is 2.53 bits per heavy atom. The van der Waals surface area contributed by atoms with Crippen LogP contribution in [0.5, 0.6) is 5.75 Å². The van der Waals surface area contributed by atoms with Gasteiger partial charge in [-0.15, -0.1) is 0 Å². The molecule has 0 saturated carbocycles. The Labute approximate surface area is 121 Å². The maximum absolute atomic E-state index is 6.13. The van der Waals surface area contributed by atoms with Gasteiger partial charge >= 0.3 is 0 Å². The molecule has 0 aromatic heterocycles. The Kier molecular flexibility index (Phi) is 4.80. The summed E-state index contributed by atoms with van der Waals surface area (Å²) in [5, 5.41) is 0. The summed E-state index contributed by atoms with van der Waals surface area (Å²) in [4.78, 5) is 0. The highest BCUT2D eigenvalue weighted by molar-refractivity contribution is 7.80. The molecule has 0 atom stereocenters. The van der Waals surface area contributed by atoms with Gasteiger partial charge in [-0.25, -0.2) is 0 Å². The molecule has 0 spiro atoms. The number of thiol groups is 1. The van der Waals surface area contributed by atoms with Gasteiger partial charge in [0.15, 0.2) is 0 Å². The van der Waals surface area contributed by atoms with Gasteiger partial charge in [0, 0.05) is 18.6 Å². The van der Waals surface area contributed by atoms with Gasteiger partial charge in [0.2, 0.25) is 0 Å². The van der Waals surface area contributed by atoms with E-state index in [2.05, 4.69) is 45.5 Å². The lowest BCUT2D eigenvalue weighted by Crippen LogP contribution is -2.37. The Bertz CT molecular complexity index is 437. The molecule has 0 bridgehead atoms. The van der Waals surface area contributed by atoms with E-state index in [1.807, 2.05) is 0 Å². The molecule has 0 N–H and O–H groups in total. The zero-order chi connectivity index (χ0) is 13.9. The number of benzene rings is 1. The van der Waals surface area contributed by atoms with E-state index in [0.717, 1.165) is 44.2 Å². The minimum absolute atomic E-state index is 0.172. The SMILES string of the molecule is Cc1cc(C)c(C)c(OCC2(CS)CCOCC2)c1. The summed E-state index contributed by atoms with van der Waals surface area (Å²) < 4.78 is 11.6. The quantitative estimate of drug-likeness (QED) is 0.847. The summed E-state index contributed by atoms with van der Waals surface area (Å²) >= 11 is 4.53. The number of aryl methyl sites for hydroxylation is 2. The average molecular weight is 280 g/mol. The Balaban J connectivity index is 2.09. The van der Waals surface area contributed by atoms with Crippen molar-refractivity contribution < 1.29 is 9.47 Å². The fourth-order valence-electron chi connectivity index (χ4n) is 2.53. The van der Waals surface area contributed by atoms with Gasteiger partial charge in [0.25, 0.3) is 0 Å². The maximum Gasteiger partial charge on any atom is 0.122 e. The second kappa shape index (κ2) is 6.19. The molecule has 19 heavy (non-hydrogen) atoms. The zero-order valence-corrected chi connectivity index (χ0v) is 13.1. The van der Waals surface area contributed by atoms with Crippen molar-refractivity contribution in [1.29, 1.82) is 0 Å². The summed E-state index contributed by atoms with van der Waals surface area (Å²) in [5.74, 6) is 1.88. The molecule has 0 amide bonds. The molecule has 0 aliphatic carbocycles. The first-order valence-electron chi connectivity index (χ1n) is 6.96.